The summed E-state index contributed by atoms with van der Waals surface area (Å²) in [6.45, 7) is 1.79. The maximum atomic E-state index is 12.9. The van der Waals surface area contributed by atoms with Gasteiger partial charge in [-0.3, -0.25) is 9.59 Å². The lowest BCUT2D eigenvalue weighted by Crippen LogP contribution is -2.30. The number of benzene rings is 2. The quantitative estimate of drug-likeness (QED) is 0.287. The van der Waals surface area contributed by atoms with Gasteiger partial charge in [0.15, 0.2) is 10.8 Å². The van der Waals surface area contributed by atoms with E-state index in [4.69, 9.17) is 0 Å². The number of hydrogen-bond donors (Lipinski definition) is 1. The van der Waals surface area contributed by atoms with Gasteiger partial charge in [0, 0.05) is 31.7 Å². The van der Waals surface area contributed by atoms with E-state index in [1.807, 2.05) is 41.0 Å². The van der Waals surface area contributed by atoms with Crippen molar-refractivity contribution in [3.05, 3.63) is 89.9 Å². The Morgan fingerprint density at radius 1 is 1.05 bits per heavy atom. The summed E-state index contributed by atoms with van der Waals surface area (Å²) in [5.74, 6) is 0.548. The summed E-state index contributed by atoms with van der Waals surface area (Å²) < 4.78 is 43.3. The largest absolute Gasteiger partial charge is 0.573 e. The van der Waals surface area contributed by atoms with Crippen LogP contribution in [-0.2, 0) is 22.6 Å². The van der Waals surface area contributed by atoms with Gasteiger partial charge in [-0.1, -0.05) is 54.2 Å². The van der Waals surface area contributed by atoms with E-state index in [0.29, 0.717) is 35.7 Å². The minimum Gasteiger partial charge on any atom is -0.406 e. The summed E-state index contributed by atoms with van der Waals surface area (Å²) in [4.78, 5) is 33.5. The van der Waals surface area contributed by atoms with Crippen molar-refractivity contribution in [2.75, 3.05) is 5.75 Å². The minimum absolute atomic E-state index is 0.0283. The second kappa shape index (κ2) is 12.1. The molecule has 0 aliphatic heterocycles. The Labute approximate surface area is 221 Å². The van der Waals surface area contributed by atoms with E-state index >= 15 is 0 Å². The highest BCUT2D eigenvalue weighted by Crippen LogP contribution is 2.24. The van der Waals surface area contributed by atoms with E-state index < -0.39 is 6.36 Å². The third kappa shape index (κ3) is 7.58. The molecule has 0 spiro atoms. The van der Waals surface area contributed by atoms with Crippen molar-refractivity contribution in [1.82, 2.24) is 19.9 Å². The number of pyridine rings is 1. The number of ether oxygens (including phenoxy) is 1. The second-order valence-electron chi connectivity index (χ2n) is 8.49. The summed E-state index contributed by atoms with van der Waals surface area (Å²) in [7, 11) is 0. The third-order valence-corrected chi connectivity index (χ3v) is 6.55. The van der Waals surface area contributed by atoms with Gasteiger partial charge in [-0.15, -0.1) is 13.2 Å². The molecule has 0 unspecified atom stereocenters. The lowest BCUT2D eigenvalue weighted by Gasteiger charge is -2.18. The molecule has 0 bridgehead atoms. The number of alkyl halides is 3. The molecule has 4 aromatic rings. The number of aromatic nitrogens is 3. The van der Waals surface area contributed by atoms with E-state index in [9.17, 15) is 22.8 Å². The minimum atomic E-state index is -4.76. The summed E-state index contributed by atoms with van der Waals surface area (Å²) in [5, 5.41) is 2.99. The molecule has 4 rings (SSSR count). The first kappa shape index (κ1) is 27.2. The van der Waals surface area contributed by atoms with Crippen LogP contribution < -0.4 is 10.1 Å². The van der Waals surface area contributed by atoms with Crippen LogP contribution in [0.15, 0.2) is 72.9 Å². The van der Waals surface area contributed by atoms with Crippen molar-refractivity contribution in [3.63, 3.8) is 0 Å². The molecule has 0 saturated heterocycles. The Bertz CT molecular complexity index is 1390. The van der Waals surface area contributed by atoms with Crippen LogP contribution in [0.1, 0.15) is 36.3 Å². The fourth-order valence-corrected chi connectivity index (χ4v) is 4.62. The Kier molecular flexibility index (Phi) is 8.67. The second-order valence-corrected chi connectivity index (χ2v) is 9.68. The standard InChI is InChI=1S/C27H25F3N4O3S/c1-18(35)38-17-23(20-6-3-2-4-7-20)33-25(36)14-13-24-32-22-8-5-15-31-26(22)34(24)16-19-9-11-21(12-10-19)37-27(28,29)30/h2-12,15,23H,13-14,16-17H2,1H3,(H,33,36)/t23-/m0/s1. The molecule has 2 aromatic heterocycles. The Balaban J connectivity index is 1.48. The van der Waals surface area contributed by atoms with Crippen LogP contribution in [0.25, 0.3) is 11.2 Å². The number of carbonyl (C=O) groups is 2. The van der Waals surface area contributed by atoms with Crippen LogP contribution in [0.5, 0.6) is 5.75 Å². The molecule has 1 atom stereocenters. The van der Waals surface area contributed by atoms with Gasteiger partial charge in [-0.2, -0.15) is 0 Å². The molecule has 0 aliphatic carbocycles. The lowest BCUT2D eigenvalue weighted by atomic mass is 10.1. The van der Waals surface area contributed by atoms with Crippen molar-refractivity contribution in [1.29, 1.82) is 0 Å². The van der Waals surface area contributed by atoms with Gasteiger partial charge in [0.2, 0.25) is 5.91 Å². The number of rotatable bonds is 10. The number of hydrogen-bond acceptors (Lipinski definition) is 6. The summed E-state index contributed by atoms with van der Waals surface area (Å²) >= 11 is 1.15. The van der Waals surface area contributed by atoms with Crippen molar-refractivity contribution >= 4 is 33.9 Å². The normalized spacial score (nSPS) is 12.3. The molecular weight excluding hydrogens is 517 g/mol. The number of carbonyl (C=O) groups excluding carboxylic acids is 2. The van der Waals surface area contributed by atoms with Crippen molar-refractivity contribution < 1.29 is 27.5 Å². The van der Waals surface area contributed by atoms with Gasteiger partial charge in [-0.05, 0) is 35.4 Å². The van der Waals surface area contributed by atoms with Crippen LogP contribution in [0.2, 0.25) is 0 Å². The number of thioether (sulfide) groups is 1. The zero-order valence-electron chi connectivity index (χ0n) is 20.4. The monoisotopic (exact) mass is 542 g/mol. The molecule has 2 heterocycles. The average Bonchev–Trinajstić information content (AvgIpc) is 3.23. The molecule has 0 aliphatic rings. The molecule has 1 amide bonds. The highest BCUT2D eigenvalue weighted by molar-refractivity contribution is 8.13. The maximum absolute atomic E-state index is 12.9. The van der Waals surface area contributed by atoms with Crippen LogP contribution in [0.3, 0.4) is 0 Å². The smallest absolute Gasteiger partial charge is 0.406 e. The zero-order chi connectivity index (χ0) is 27.1. The number of nitrogens with one attached hydrogen (secondary N) is 1. The van der Waals surface area contributed by atoms with Crippen molar-refractivity contribution in [3.8, 4) is 5.75 Å². The molecule has 0 saturated carbocycles. The molecule has 198 valence electrons. The maximum Gasteiger partial charge on any atom is 0.573 e. The number of halogens is 3. The van der Waals surface area contributed by atoms with Crippen molar-refractivity contribution in [2.24, 2.45) is 0 Å². The number of amides is 1. The molecule has 0 radical (unpaired) electrons. The van der Waals surface area contributed by atoms with Crippen molar-refractivity contribution in [2.45, 2.75) is 38.7 Å². The Morgan fingerprint density at radius 3 is 2.47 bits per heavy atom. The number of nitrogens with zero attached hydrogens (tertiary/aromatic N) is 3. The summed E-state index contributed by atoms with van der Waals surface area (Å²) in [6.07, 6.45) is -2.66. The number of fused-ring (bicyclic) bond motifs is 1. The average molecular weight is 543 g/mol. The molecule has 38 heavy (non-hydrogen) atoms. The van der Waals surface area contributed by atoms with Crippen LogP contribution in [0, 0.1) is 0 Å². The first-order valence-electron chi connectivity index (χ1n) is 11.8. The Morgan fingerprint density at radius 2 is 1.79 bits per heavy atom. The topological polar surface area (TPSA) is 86.1 Å². The Hall–Kier alpha value is -3.86. The molecule has 7 nitrogen and oxygen atoms in total. The first-order chi connectivity index (χ1) is 18.2. The predicted molar refractivity (Wildman–Crippen MR) is 139 cm³/mol. The molecule has 1 N–H and O–H groups in total. The lowest BCUT2D eigenvalue weighted by molar-refractivity contribution is -0.274. The van der Waals surface area contributed by atoms with Crippen LogP contribution in [0.4, 0.5) is 13.2 Å². The number of imidazole rings is 1. The summed E-state index contributed by atoms with van der Waals surface area (Å²) in [6, 6.07) is 18.3. The first-order valence-corrected chi connectivity index (χ1v) is 12.8. The van der Waals surface area contributed by atoms with Gasteiger partial charge in [0.05, 0.1) is 12.6 Å². The van der Waals surface area contributed by atoms with Crippen LogP contribution >= 0.6 is 11.8 Å². The summed E-state index contributed by atoms with van der Waals surface area (Å²) in [5.41, 5.74) is 2.89. The SMILES string of the molecule is CC(=O)SC[C@H](NC(=O)CCc1nc2cccnc2n1Cc1ccc(OC(F)(F)F)cc1)c1ccccc1. The van der Waals surface area contributed by atoms with E-state index in [-0.39, 0.29) is 29.2 Å². The molecule has 11 heteroatoms. The van der Waals surface area contributed by atoms with Crippen LogP contribution in [-0.4, -0.2) is 37.7 Å². The zero-order valence-corrected chi connectivity index (χ0v) is 21.3. The van der Waals surface area contributed by atoms with Gasteiger partial charge in [-0.25, -0.2) is 9.97 Å². The molecule has 0 fully saturated rings. The fourth-order valence-electron chi connectivity index (χ4n) is 3.94. The van der Waals surface area contributed by atoms with Gasteiger partial charge < -0.3 is 14.6 Å². The van der Waals surface area contributed by atoms with Gasteiger partial charge in [0.25, 0.3) is 0 Å². The van der Waals surface area contributed by atoms with E-state index in [1.54, 1.807) is 24.4 Å². The highest BCUT2D eigenvalue weighted by Gasteiger charge is 2.31. The fraction of sp³-hybridized carbons (Fsp3) is 0.259. The van der Waals surface area contributed by atoms with E-state index in [0.717, 1.165) is 22.9 Å². The van der Waals surface area contributed by atoms with Gasteiger partial charge >= 0.3 is 6.36 Å². The molecular formula is C27H25F3N4O3S. The third-order valence-electron chi connectivity index (χ3n) is 5.65. The van der Waals surface area contributed by atoms with Gasteiger partial charge in [0.1, 0.15) is 17.1 Å². The molecule has 2 aromatic carbocycles. The van der Waals surface area contributed by atoms with E-state index in [1.165, 1.54) is 19.1 Å². The van der Waals surface area contributed by atoms with E-state index in [2.05, 4.69) is 20.0 Å². The number of aryl methyl sites for hydroxylation is 1. The predicted octanol–water partition coefficient (Wildman–Crippen LogP) is 5.45. The highest BCUT2D eigenvalue weighted by atomic mass is 32.2.